The summed E-state index contributed by atoms with van der Waals surface area (Å²) in [6.07, 6.45) is 2.37. The lowest BCUT2D eigenvalue weighted by Gasteiger charge is -2.31. The monoisotopic (exact) mass is 206 g/mol. The zero-order valence-corrected chi connectivity index (χ0v) is 8.97. The Kier molecular flexibility index (Phi) is 3.84. The summed E-state index contributed by atoms with van der Waals surface area (Å²) in [6.45, 7) is 3.88. The molecule has 0 bridgehead atoms. The highest BCUT2D eigenvalue weighted by atomic mass is 19.3. The lowest BCUT2D eigenvalue weighted by atomic mass is 10.1. The van der Waals surface area contributed by atoms with E-state index in [9.17, 15) is 8.78 Å². The third-order valence-electron chi connectivity index (χ3n) is 3.02. The fourth-order valence-corrected chi connectivity index (χ4v) is 1.78. The van der Waals surface area contributed by atoms with E-state index in [1.807, 2.05) is 18.7 Å². The molecule has 0 saturated heterocycles. The summed E-state index contributed by atoms with van der Waals surface area (Å²) in [5.74, 6) is -2.11. The first-order chi connectivity index (χ1) is 6.50. The van der Waals surface area contributed by atoms with Crippen molar-refractivity contribution in [2.45, 2.75) is 38.7 Å². The van der Waals surface area contributed by atoms with Crippen LogP contribution in [0.2, 0.25) is 0 Å². The minimum absolute atomic E-state index is 0.197. The van der Waals surface area contributed by atoms with E-state index in [2.05, 4.69) is 0 Å². The molecule has 0 aromatic heterocycles. The quantitative estimate of drug-likeness (QED) is 0.716. The Hall–Kier alpha value is -0.220. The third-order valence-corrected chi connectivity index (χ3v) is 3.02. The Labute approximate surface area is 84.4 Å². The highest BCUT2D eigenvalue weighted by molar-refractivity contribution is 4.87. The minimum atomic E-state index is -2.74. The average molecular weight is 206 g/mol. The molecule has 0 amide bonds. The Morgan fingerprint density at radius 1 is 1.50 bits per heavy atom. The second kappa shape index (κ2) is 4.53. The van der Waals surface area contributed by atoms with E-state index in [1.54, 1.807) is 0 Å². The molecule has 0 aliphatic heterocycles. The first-order valence-corrected chi connectivity index (χ1v) is 5.32. The average Bonchev–Trinajstić information content (AvgIpc) is 2.96. The summed E-state index contributed by atoms with van der Waals surface area (Å²) < 4.78 is 26.1. The molecule has 0 aromatic rings. The van der Waals surface area contributed by atoms with Gasteiger partial charge >= 0.3 is 0 Å². The second-order valence-electron chi connectivity index (χ2n) is 4.20. The van der Waals surface area contributed by atoms with Crippen LogP contribution in [0.4, 0.5) is 8.78 Å². The number of rotatable bonds is 6. The maximum Gasteiger partial charge on any atom is 0.272 e. The molecule has 1 aliphatic carbocycles. The SMILES string of the molecule is CCN(CC(F)(F)CN)C(C)C1CC1. The van der Waals surface area contributed by atoms with Crippen LogP contribution in [0, 0.1) is 5.92 Å². The number of halogens is 2. The van der Waals surface area contributed by atoms with Gasteiger partial charge in [0.2, 0.25) is 0 Å². The Balaban J connectivity index is 2.44. The molecular weight excluding hydrogens is 186 g/mol. The zero-order chi connectivity index (χ0) is 10.8. The van der Waals surface area contributed by atoms with E-state index in [-0.39, 0.29) is 12.6 Å². The molecule has 1 unspecified atom stereocenters. The van der Waals surface area contributed by atoms with E-state index in [4.69, 9.17) is 5.73 Å². The predicted molar refractivity (Wildman–Crippen MR) is 53.4 cm³/mol. The van der Waals surface area contributed by atoms with Crippen molar-refractivity contribution in [2.75, 3.05) is 19.6 Å². The van der Waals surface area contributed by atoms with Gasteiger partial charge in [-0.3, -0.25) is 4.90 Å². The molecule has 1 rings (SSSR count). The lowest BCUT2D eigenvalue weighted by molar-refractivity contribution is -0.0333. The first kappa shape index (κ1) is 11.9. The number of hydrogen-bond donors (Lipinski definition) is 1. The fourth-order valence-electron chi connectivity index (χ4n) is 1.78. The van der Waals surface area contributed by atoms with Gasteiger partial charge < -0.3 is 5.73 Å². The summed E-state index contributed by atoms with van der Waals surface area (Å²) in [5.41, 5.74) is 5.02. The van der Waals surface area contributed by atoms with Gasteiger partial charge in [0.15, 0.2) is 0 Å². The molecule has 1 saturated carbocycles. The maximum absolute atomic E-state index is 13.1. The van der Waals surface area contributed by atoms with Gasteiger partial charge in [-0.05, 0) is 32.2 Å². The van der Waals surface area contributed by atoms with E-state index < -0.39 is 12.5 Å². The smallest absolute Gasteiger partial charge is 0.272 e. The van der Waals surface area contributed by atoms with Gasteiger partial charge in [-0.15, -0.1) is 0 Å². The van der Waals surface area contributed by atoms with Gasteiger partial charge in [0.05, 0.1) is 13.1 Å². The van der Waals surface area contributed by atoms with Gasteiger partial charge in [-0.1, -0.05) is 6.92 Å². The topological polar surface area (TPSA) is 29.3 Å². The van der Waals surface area contributed by atoms with Crippen molar-refractivity contribution in [1.82, 2.24) is 4.90 Å². The largest absolute Gasteiger partial charge is 0.325 e. The molecule has 0 spiro atoms. The van der Waals surface area contributed by atoms with Crippen molar-refractivity contribution in [3.63, 3.8) is 0 Å². The van der Waals surface area contributed by atoms with E-state index in [1.165, 1.54) is 12.8 Å². The highest BCUT2D eigenvalue weighted by Gasteiger charge is 2.36. The van der Waals surface area contributed by atoms with Crippen LogP contribution >= 0.6 is 0 Å². The number of nitrogens with zero attached hydrogens (tertiary/aromatic N) is 1. The highest BCUT2D eigenvalue weighted by Crippen LogP contribution is 2.35. The van der Waals surface area contributed by atoms with Crippen LogP contribution in [0.1, 0.15) is 26.7 Å². The van der Waals surface area contributed by atoms with E-state index in [0.29, 0.717) is 12.5 Å². The van der Waals surface area contributed by atoms with Crippen molar-refractivity contribution in [1.29, 1.82) is 0 Å². The van der Waals surface area contributed by atoms with Crippen molar-refractivity contribution in [3.8, 4) is 0 Å². The lowest BCUT2D eigenvalue weighted by Crippen LogP contribution is -2.46. The maximum atomic E-state index is 13.1. The van der Waals surface area contributed by atoms with Crippen LogP contribution in [-0.4, -0.2) is 36.5 Å². The standard InChI is InChI=1S/C10H20F2N2/c1-3-14(7-10(11,12)6-13)8(2)9-4-5-9/h8-9H,3-7,13H2,1-2H3. The molecule has 2 N–H and O–H groups in total. The van der Waals surface area contributed by atoms with Crippen LogP contribution < -0.4 is 5.73 Å². The van der Waals surface area contributed by atoms with Crippen LogP contribution in [0.3, 0.4) is 0 Å². The molecule has 1 fully saturated rings. The number of nitrogens with two attached hydrogens (primary N) is 1. The molecule has 84 valence electrons. The molecule has 1 aliphatic rings. The molecule has 14 heavy (non-hydrogen) atoms. The predicted octanol–water partition coefficient (Wildman–Crippen LogP) is 1.70. The van der Waals surface area contributed by atoms with Gasteiger partial charge in [-0.2, -0.15) is 0 Å². The van der Waals surface area contributed by atoms with Gasteiger partial charge in [0.25, 0.3) is 5.92 Å². The van der Waals surface area contributed by atoms with Crippen LogP contribution in [0.5, 0.6) is 0 Å². The normalized spacial score (nSPS) is 20.1. The molecular formula is C10H20F2N2. The van der Waals surface area contributed by atoms with Crippen molar-refractivity contribution in [3.05, 3.63) is 0 Å². The Morgan fingerprint density at radius 3 is 2.43 bits per heavy atom. The first-order valence-electron chi connectivity index (χ1n) is 5.32. The van der Waals surface area contributed by atoms with Crippen LogP contribution in [-0.2, 0) is 0 Å². The second-order valence-corrected chi connectivity index (χ2v) is 4.20. The van der Waals surface area contributed by atoms with E-state index in [0.717, 1.165) is 0 Å². The summed E-state index contributed by atoms with van der Waals surface area (Å²) in [6, 6.07) is 0.275. The Morgan fingerprint density at radius 2 is 2.07 bits per heavy atom. The van der Waals surface area contributed by atoms with E-state index >= 15 is 0 Å². The Bertz CT molecular complexity index is 181. The van der Waals surface area contributed by atoms with Gasteiger partial charge in [0, 0.05) is 6.04 Å². The van der Waals surface area contributed by atoms with Crippen LogP contribution in [0.15, 0.2) is 0 Å². The number of hydrogen-bond acceptors (Lipinski definition) is 2. The molecule has 4 heteroatoms. The van der Waals surface area contributed by atoms with Gasteiger partial charge in [-0.25, -0.2) is 8.78 Å². The molecule has 1 atom stereocenters. The number of alkyl halides is 2. The summed E-state index contributed by atoms with van der Waals surface area (Å²) >= 11 is 0. The minimum Gasteiger partial charge on any atom is -0.325 e. The van der Waals surface area contributed by atoms with Crippen molar-refractivity contribution >= 4 is 0 Å². The molecule has 2 nitrogen and oxygen atoms in total. The zero-order valence-electron chi connectivity index (χ0n) is 8.97. The summed E-state index contributed by atoms with van der Waals surface area (Å²) in [5, 5.41) is 0. The van der Waals surface area contributed by atoms with Crippen LogP contribution in [0.25, 0.3) is 0 Å². The molecule has 0 radical (unpaired) electrons. The third kappa shape index (κ3) is 3.17. The molecule has 0 aromatic carbocycles. The summed E-state index contributed by atoms with van der Waals surface area (Å²) in [7, 11) is 0. The van der Waals surface area contributed by atoms with Crippen molar-refractivity contribution in [2.24, 2.45) is 11.7 Å². The summed E-state index contributed by atoms with van der Waals surface area (Å²) in [4.78, 5) is 1.84. The van der Waals surface area contributed by atoms with Crippen molar-refractivity contribution < 1.29 is 8.78 Å². The van der Waals surface area contributed by atoms with Gasteiger partial charge in [0.1, 0.15) is 0 Å². The fraction of sp³-hybridized carbons (Fsp3) is 1.00. The molecule has 0 heterocycles.